The van der Waals surface area contributed by atoms with Crippen LogP contribution in [0.25, 0.3) is 16.7 Å². The molecule has 32 heavy (non-hydrogen) atoms. The minimum Gasteiger partial charge on any atom is -0.352 e. The molecule has 2 aromatic heterocycles. The zero-order valence-electron chi connectivity index (χ0n) is 18.4. The highest BCUT2D eigenvalue weighted by Crippen LogP contribution is 2.24. The topological polar surface area (TPSA) is 95.9 Å². The maximum Gasteiger partial charge on any atom is 0.299 e. The second-order valence-corrected chi connectivity index (χ2v) is 8.87. The van der Waals surface area contributed by atoms with Gasteiger partial charge in [0.05, 0.1) is 16.9 Å². The van der Waals surface area contributed by atoms with Crippen LogP contribution in [0.3, 0.4) is 0 Å². The fraction of sp³-hybridized carbons (Fsp3) is 0.500. The number of amides is 1. The van der Waals surface area contributed by atoms with Gasteiger partial charge in [0, 0.05) is 17.7 Å². The number of H-pyrrole nitrogens is 1. The molecule has 3 heterocycles. The largest absolute Gasteiger partial charge is 0.352 e. The number of aromatic amines is 1. The molecule has 0 spiro atoms. The van der Waals surface area contributed by atoms with Crippen LogP contribution in [-0.2, 0) is 12.8 Å². The smallest absolute Gasteiger partial charge is 0.299 e. The van der Waals surface area contributed by atoms with Gasteiger partial charge in [-0.2, -0.15) is 5.10 Å². The van der Waals surface area contributed by atoms with Crippen molar-refractivity contribution < 1.29 is 4.79 Å². The van der Waals surface area contributed by atoms with Crippen molar-refractivity contribution in [2.24, 2.45) is 0 Å². The van der Waals surface area contributed by atoms with Gasteiger partial charge in [0.2, 0.25) is 0 Å². The molecule has 1 fully saturated rings. The summed E-state index contributed by atoms with van der Waals surface area (Å²) in [4.78, 5) is 27.8. The quantitative estimate of drug-likeness (QED) is 0.557. The van der Waals surface area contributed by atoms with Crippen molar-refractivity contribution in [3.8, 4) is 5.69 Å². The number of hydrogen-bond donors (Lipinski definition) is 2. The molecule has 1 saturated heterocycles. The molecule has 0 saturated carbocycles. The lowest BCUT2D eigenvalue weighted by Gasteiger charge is -2.14. The van der Waals surface area contributed by atoms with E-state index in [2.05, 4.69) is 25.5 Å². The first-order valence-corrected chi connectivity index (χ1v) is 11.8. The molecular weight excluding hydrogens is 404 g/mol. The van der Waals surface area contributed by atoms with Crippen molar-refractivity contribution in [2.75, 3.05) is 26.2 Å². The summed E-state index contributed by atoms with van der Waals surface area (Å²) in [6.07, 6.45) is 8.75. The van der Waals surface area contributed by atoms with Crippen molar-refractivity contribution in [3.05, 3.63) is 51.4 Å². The third-order valence-corrected chi connectivity index (χ3v) is 6.65. The minimum atomic E-state index is -0.212. The summed E-state index contributed by atoms with van der Waals surface area (Å²) in [5.74, 6) is -0.0818. The molecule has 2 aliphatic rings. The van der Waals surface area contributed by atoms with Gasteiger partial charge in [-0.25, -0.2) is 4.68 Å². The number of likely N-dealkylation sites (tertiary alicyclic amines) is 1. The predicted molar refractivity (Wildman–Crippen MR) is 123 cm³/mol. The van der Waals surface area contributed by atoms with E-state index in [9.17, 15) is 9.59 Å². The van der Waals surface area contributed by atoms with Crippen LogP contribution in [-0.4, -0.2) is 57.0 Å². The number of aryl methyl sites for hydroxylation is 2. The van der Waals surface area contributed by atoms with Crippen LogP contribution in [0, 0.1) is 0 Å². The van der Waals surface area contributed by atoms with E-state index in [-0.39, 0.29) is 11.5 Å². The number of carbonyl (C=O) groups is 1. The standard InChI is InChI=1S/C24H30N6O2/c31-23(25-13-3-4-14-29-15-5-6-16-29)17-9-11-18(12-10-17)30-24(32)22-21(28-30)19-7-1-2-8-20(19)26-27-22/h9-12,28H,1-8,13-16H2,(H,25,31). The third kappa shape index (κ3) is 4.19. The molecular formula is C24H30N6O2. The lowest BCUT2D eigenvalue weighted by molar-refractivity contribution is 0.0952. The zero-order valence-corrected chi connectivity index (χ0v) is 18.4. The number of unbranched alkanes of at least 4 members (excludes halogenated alkanes) is 1. The Labute approximate surface area is 187 Å². The highest BCUT2D eigenvalue weighted by Gasteiger charge is 2.20. The summed E-state index contributed by atoms with van der Waals surface area (Å²) in [5.41, 5.74) is 4.32. The molecule has 0 atom stereocenters. The molecule has 0 bridgehead atoms. The van der Waals surface area contributed by atoms with Crippen LogP contribution in [0.5, 0.6) is 0 Å². The first-order chi connectivity index (χ1) is 15.7. The van der Waals surface area contributed by atoms with Gasteiger partial charge in [-0.3, -0.25) is 14.7 Å². The normalized spacial score (nSPS) is 16.4. The van der Waals surface area contributed by atoms with Gasteiger partial charge < -0.3 is 10.2 Å². The van der Waals surface area contributed by atoms with Gasteiger partial charge in [0.15, 0.2) is 5.52 Å². The average Bonchev–Trinajstić information content (AvgIpc) is 3.47. The number of carbonyl (C=O) groups excluding carboxylic acids is 1. The van der Waals surface area contributed by atoms with E-state index >= 15 is 0 Å². The molecule has 1 amide bonds. The number of hydrogen-bond acceptors (Lipinski definition) is 5. The Morgan fingerprint density at radius 2 is 1.78 bits per heavy atom. The van der Waals surface area contributed by atoms with Crippen LogP contribution < -0.4 is 10.9 Å². The van der Waals surface area contributed by atoms with Gasteiger partial charge in [-0.05, 0) is 95.3 Å². The Morgan fingerprint density at radius 1 is 1.00 bits per heavy atom. The van der Waals surface area contributed by atoms with Gasteiger partial charge in [0.1, 0.15) is 0 Å². The van der Waals surface area contributed by atoms with Gasteiger partial charge in [-0.15, -0.1) is 5.10 Å². The zero-order chi connectivity index (χ0) is 21.9. The highest BCUT2D eigenvalue weighted by molar-refractivity contribution is 5.94. The number of rotatable bonds is 7. The molecule has 8 heteroatoms. The molecule has 1 aliphatic carbocycles. The SMILES string of the molecule is O=C(NCCCCN1CCCC1)c1ccc(-n2[nH]c3c4c(nnc3c2=O)CCCC4)cc1. The van der Waals surface area contributed by atoms with Gasteiger partial charge >= 0.3 is 0 Å². The molecule has 2 N–H and O–H groups in total. The highest BCUT2D eigenvalue weighted by atomic mass is 16.1. The van der Waals surface area contributed by atoms with Crippen molar-refractivity contribution >= 4 is 16.9 Å². The molecule has 1 aromatic carbocycles. The summed E-state index contributed by atoms with van der Waals surface area (Å²) < 4.78 is 1.49. The Kier molecular flexibility index (Phi) is 6.03. The molecule has 0 radical (unpaired) electrons. The number of benzene rings is 1. The maximum atomic E-state index is 12.9. The fourth-order valence-electron chi connectivity index (χ4n) is 4.83. The molecule has 1 aliphatic heterocycles. The Bertz CT molecular complexity index is 1160. The van der Waals surface area contributed by atoms with Crippen molar-refractivity contribution in [3.63, 3.8) is 0 Å². The van der Waals surface area contributed by atoms with E-state index < -0.39 is 0 Å². The number of nitrogens with zero attached hydrogens (tertiary/aromatic N) is 4. The number of aromatic nitrogens is 4. The minimum absolute atomic E-state index is 0.0818. The van der Waals surface area contributed by atoms with Crippen LogP contribution in [0.4, 0.5) is 0 Å². The van der Waals surface area contributed by atoms with E-state index in [1.807, 2.05) is 0 Å². The molecule has 8 nitrogen and oxygen atoms in total. The Balaban J connectivity index is 1.23. The predicted octanol–water partition coefficient (Wildman–Crippen LogP) is 2.59. The Morgan fingerprint density at radius 3 is 2.59 bits per heavy atom. The van der Waals surface area contributed by atoms with E-state index in [0.717, 1.165) is 61.8 Å². The summed E-state index contributed by atoms with van der Waals surface area (Å²) >= 11 is 0. The van der Waals surface area contributed by atoms with E-state index in [0.29, 0.717) is 23.3 Å². The fourth-order valence-corrected chi connectivity index (χ4v) is 4.83. The van der Waals surface area contributed by atoms with Crippen molar-refractivity contribution in [1.82, 2.24) is 30.2 Å². The summed E-state index contributed by atoms with van der Waals surface area (Å²) in [6.45, 7) is 4.23. The van der Waals surface area contributed by atoms with Crippen LogP contribution in [0.15, 0.2) is 29.1 Å². The lowest BCUT2D eigenvalue weighted by Crippen LogP contribution is -2.26. The molecule has 5 rings (SSSR count). The van der Waals surface area contributed by atoms with E-state index in [1.54, 1.807) is 24.3 Å². The van der Waals surface area contributed by atoms with Crippen LogP contribution in [0.2, 0.25) is 0 Å². The first kappa shape index (κ1) is 20.9. The molecule has 168 valence electrons. The summed E-state index contributed by atoms with van der Waals surface area (Å²) in [6, 6.07) is 7.10. The number of fused-ring (bicyclic) bond motifs is 3. The van der Waals surface area contributed by atoms with E-state index in [1.165, 1.54) is 30.6 Å². The summed E-state index contributed by atoms with van der Waals surface area (Å²) in [7, 11) is 0. The van der Waals surface area contributed by atoms with Gasteiger partial charge in [-0.1, -0.05) is 0 Å². The average molecular weight is 435 g/mol. The van der Waals surface area contributed by atoms with Crippen LogP contribution >= 0.6 is 0 Å². The number of nitrogens with one attached hydrogen (secondary N) is 2. The third-order valence-electron chi connectivity index (χ3n) is 6.65. The van der Waals surface area contributed by atoms with Crippen molar-refractivity contribution in [2.45, 2.75) is 51.4 Å². The molecule has 0 unspecified atom stereocenters. The Hall–Kier alpha value is -3.00. The lowest BCUT2D eigenvalue weighted by atomic mass is 9.96. The second kappa shape index (κ2) is 9.24. The first-order valence-electron chi connectivity index (χ1n) is 11.8. The monoisotopic (exact) mass is 434 g/mol. The second-order valence-electron chi connectivity index (χ2n) is 8.87. The van der Waals surface area contributed by atoms with Crippen molar-refractivity contribution in [1.29, 1.82) is 0 Å². The van der Waals surface area contributed by atoms with E-state index in [4.69, 9.17) is 0 Å². The maximum absolute atomic E-state index is 12.9. The van der Waals surface area contributed by atoms with Gasteiger partial charge in [0.25, 0.3) is 11.5 Å². The van der Waals surface area contributed by atoms with Crippen LogP contribution in [0.1, 0.15) is 60.1 Å². The summed E-state index contributed by atoms with van der Waals surface area (Å²) in [5, 5.41) is 14.7. The molecule has 3 aromatic rings.